The molecule has 8 heteroatoms. The van der Waals surface area contributed by atoms with Crippen LogP contribution in [0.5, 0.6) is 11.5 Å². The van der Waals surface area contributed by atoms with Crippen LogP contribution in [0.2, 0.25) is 0 Å². The van der Waals surface area contributed by atoms with Gasteiger partial charge in [-0.05, 0) is 66.6 Å². The lowest BCUT2D eigenvalue weighted by molar-refractivity contribution is -0.127. The van der Waals surface area contributed by atoms with E-state index >= 15 is 0 Å². The van der Waals surface area contributed by atoms with Gasteiger partial charge in [0.2, 0.25) is 5.91 Å². The maximum absolute atomic E-state index is 12.8. The highest BCUT2D eigenvalue weighted by Gasteiger charge is 2.36. The topological polar surface area (TPSA) is 84.9 Å². The van der Waals surface area contributed by atoms with Crippen molar-refractivity contribution in [1.29, 1.82) is 0 Å². The normalized spacial score (nSPS) is 14.6. The molecule has 3 rings (SSSR count). The second-order valence-electron chi connectivity index (χ2n) is 7.09. The third kappa shape index (κ3) is 5.20. The van der Waals surface area contributed by atoms with Gasteiger partial charge in [-0.3, -0.25) is 19.3 Å². The van der Waals surface area contributed by atoms with Gasteiger partial charge in [0.25, 0.3) is 11.1 Å². The Kier molecular flexibility index (Phi) is 7.37. The van der Waals surface area contributed by atoms with Crippen LogP contribution >= 0.6 is 11.8 Å². The van der Waals surface area contributed by atoms with E-state index in [0.29, 0.717) is 29.2 Å². The molecular weight excluding hydrogens is 428 g/mol. The van der Waals surface area contributed by atoms with Gasteiger partial charge in [-0.2, -0.15) is 0 Å². The standard InChI is InChI=1S/C24H24N2O5S/c1-5-7-17-11-16(12-19(30-3)22(17)31-4)13-20-23(28)26(24(29)32-20)14-21(27)25-18-9-6-8-15(2)10-18/h5-6,8-13H,1,7,14H2,2-4H3,(H,25,27)/b20-13+. The lowest BCUT2D eigenvalue weighted by atomic mass is 10.0. The Balaban J connectivity index is 1.80. The van der Waals surface area contributed by atoms with Crippen molar-refractivity contribution in [2.75, 3.05) is 26.1 Å². The van der Waals surface area contributed by atoms with E-state index in [1.807, 2.05) is 31.2 Å². The molecular formula is C24H24N2O5S. The molecule has 0 unspecified atom stereocenters. The molecule has 1 heterocycles. The zero-order chi connectivity index (χ0) is 23.3. The first-order valence-corrected chi connectivity index (χ1v) is 10.7. The molecule has 1 aliphatic heterocycles. The van der Waals surface area contributed by atoms with Crippen LogP contribution in [0.15, 0.2) is 54.0 Å². The van der Waals surface area contributed by atoms with Crippen molar-refractivity contribution in [2.24, 2.45) is 0 Å². The summed E-state index contributed by atoms with van der Waals surface area (Å²) in [6.07, 6.45) is 3.89. The SMILES string of the molecule is C=CCc1cc(/C=C2/SC(=O)N(CC(=O)Nc3cccc(C)c3)C2=O)cc(OC)c1OC. The summed E-state index contributed by atoms with van der Waals surface area (Å²) in [5.74, 6) is 0.137. The lowest BCUT2D eigenvalue weighted by Gasteiger charge is -2.13. The number of aryl methyl sites for hydroxylation is 1. The summed E-state index contributed by atoms with van der Waals surface area (Å²) in [5, 5.41) is 2.22. The first-order valence-electron chi connectivity index (χ1n) is 9.84. The molecule has 1 fully saturated rings. The van der Waals surface area contributed by atoms with E-state index in [2.05, 4.69) is 11.9 Å². The van der Waals surface area contributed by atoms with Crippen molar-refractivity contribution in [3.8, 4) is 11.5 Å². The van der Waals surface area contributed by atoms with Crippen LogP contribution < -0.4 is 14.8 Å². The molecule has 0 aliphatic carbocycles. The van der Waals surface area contributed by atoms with Gasteiger partial charge in [-0.15, -0.1) is 6.58 Å². The molecule has 166 valence electrons. The van der Waals surface area contributed by atoms with Gasteiger partial charge in [-0.25, -0.2) is 0 Å². The van der Waals surface area contributed by atoms with E-state index in [1.54, 1.807) is 31.4 Å². The molecule has 32 heavy (non-hydrogen) atoms. The molecule has 0 aromatic heterocycles. The van der Waals surface area contributed by atoms with Crippen molar-refractivity contribution >= 4 is 40.6 Å². The molecule has 7 nitrogen and oxygen atoms in total. The number of thioether (sulfide) groups is 1. The van der Waals surface area contributed by atoms with Gasteiger partial charge in [0, 0.05) is 11.3 Å². The first-order chi connectivity index (χ1) is 15.4. The second kappa shape index (κ2) is 10.2. The fraction of sp³-hybridized carbons (Fsp3) is 0.208. The van der Waals surface area contributed by atoms with Crippen LogP contribution in [0.4, 0.5) is 10.5 Å². The van der Waals surface area contributed by atoms with Gasteiger partial charge in [0.05, 0.1) is 19.1 Å². The minimum Gasteiger partial charge on any atom is -0.493 e. The number of allylic oxidation sites excluding steroid dienone is 1. The number of carbonyl (C=O) groups is 3. The Morgan fingerprint density at radius 1 is 1.19 bits per heavy atom. The maximum Gasteiger partial charge on any atom is 0.294 e. The zero-order valence-electron chi connectivity index (χ0n) is 18.1. The highest BCUT2D eigenvalue weighted by atomic mass is 32.2. The van der Waals surface area contributed by atoms with Gasteiger partial charge in [0.15, 0.2) is 11.5 Å². The first kappa shape index (κ1) is 23.1. The molecule has 0 radical (unpaired) electrons. The van der Waals surface area contributed by atoms with Gasteiger partial charge in [0.1, 0.15) is 6.54 Å². The number of nitrogens with one attached hydrogen (secondary N) is 1. The monoisotopic (exact) mass is 452 g/mol. The summed E-state index contributed by atoms with van der Waals surface area (Å²) in [6.45, 7) is 5.31. The van der Waals surface area contributed by atoms with Gasteiger partial charge in [-0.1, -0.05) is 18.2 Å². The fourth-order valence-electron chi connectivity index (χ4n) is 3.31. The third-order valence-corrected chi connectivity index (χ3v) is 5.62. The Hall–Kier alpha value is -3.52. The molecule has 0 atom stereocenters. The summed E-state index contributed by atoms with van der Waals surface area (Å²) in [6, 6.07) is 10.9. The van der Waals surface area contributed by atoms with E-state index in [-0.39, 0.29) is 11.4 Å². The number of benzene rings is 2. The van der Waals surface area contributed by atoms with Crippen molar-refractivity contribution in [3.63, 3.8) is 0 Å². The number of amides is 3. The summed E-state index contributed by atoms with van der Waals surface area (Å²) in [4.78, 5) is 38.8. The molecule has 3 amide bonds. The molecule has 1 N–H and O–H groups in total. The van der Waals surface area contributed by atoms with Crippen LogP contribution in [0.25, 0.3) is 6.08 Å². The molecule has 0 spiro atoms. The Labute approximate surface area is 191 Å². The van der Waals surface area contributed by atoms with E-state index in [0.717, 1.165) is 27.8 Å². The largest absolute Gasteiger partial charge is 0.493 e. The van der Waals surface area contributed by atoms with Crippen molar-refractivity contribution < 1.29 is 23.9 Å². The molecule has 0 bridgehead atoms. The average Bonchev–Trinajstić information content (AvgIpc) is 3.01. The highest BCUT2D eigenvalue weighted by Crippen LogP contribution is 2.36. The number of hydrogen-bond acceptors (Lipinski definition) is 6. The smallest absolute Gasteiger partial charge is 0.294 e. The van der Waals surface area contributed by atoms with Crippen LogP contribution in [0, 0.1) is 6.92 Å². The molecule has 2 aromatic rings. The highest BCUT2D eigenvalue weighted by molar-refractivity contribution is 8.18. The fourth-order valence-corrected chi connectivity index (χ4v) is 4.15. The second-order valence-corrected chi connectivity index (χ2v) is 8.09. The number of anilines is 1. The maximum atomic E-state index is 12.8. The molecule has 0 saturated carbocycles. The Morgan fingerprint density at radius 3 is 2.62 bits per heavy atom. The molecule has 1 aliphatic rings. The van der Waals surface area contributed by atoms with Crippen LogP contribution in [-0.4, -0.2) is 42.7 Å². The number of methoxy groups -OCH3 is 2. The van der Waals surface area contributed by atoms with E-state index < -0.39 is 17.1 Å². The predicted octanol–water partition coefficient (Wildman–Crippen LogP) is 4.42. The third-order valence-electron chi connectivity index (χ3n) is 4.72. The van der Waals surface area contributed by atoms with E-state index in [1.165, 1.54) is 7.11 Å². The Morgan fingerprint density at radius 2 is 1.97 bits per heavy atom. The zero-order valence-corrected chi connectivity index (χ0v) is 19.0. The number of carbonyl (C=O) groups excluding carboxylic acids is 3. The van der Waals surface area contributed by atoms with E-state index in [9.17, 15) is 14.4 Å². The number of ether oxygens (including phenoxy) is 2. The number of nitrogens with zero attached hydrogens (tertiary/aromatic N) is 1. The quantitative estimate of drug-likeness (QED) is 0.472. The van der Waals surface area contributed by atoms with Gasteiger partial charge < -0.3 is 14.8 Å². The number of hydrogen-bond donors (Lipinski definition) is 1. The number of rotatable bonds is 8. The summed E-state index contributed by atoms with van der Waals surface area (Å²) in [7, 11) is 3.08. The van der Waals surface area contributed by atoms with Crippen molar-refractivity contribution in [2.45, 2.75) is 13.3 Å². The molecule has 2 aromatic carbocycles. The van der Waals surface area contributed by atoms with Crippen molar-refractivity contribution in [1.82, 2.24) is 4.90 Å². The van der Waals surface area contributed by atoms with Crippen molar-refractivity contribution in [3.05, 3.63) is 70.6 Å². The van der Waals surface area contributed by atoms with Crippen LogP contribution in [-0.2, 0) is 16.0 Å². The summed E-state index contributed by atoms with van der Waals surface area (Å²) in [5.41, 5.74) is 3.11. The lowest BCUT2D eigenvalue weighted by Crippen LogP contribution is -2.36. The van der Waals surface area contributed by atoms with E-state index in [4.69, 9.17) is 9.47 Å². The minimum atomic E-state index is -0.514. The summed E-state index contributed by atoms with van der Waals surface area (Å²) >= 11 is 0.796. The predicted molar refractivity (Wildman–Crippen MR) is 126 cm³/mol. The van der Waals surface area contributed by atoms with Crippen LogP contribution in [0.3, 0.4) is 0 Å². The summed E-state index contributed by atoms with van der Waals surface area (Å²) < 4.78 is 10.8. The van der Waals surface area contributed by atoms with Gasteiger partial charge >= 0.3 is 0 Å². The molecule has 1 saturated heterocycles. The van der Waals surface area contributed by atoms with Crippen LogP contribution in [0.1, 0.15) is 16.7 Å². The minimum absolute atomic E-state index is 0.232. The number of imide groups is 1. The average molecular weight is 453 g/mol. The Bertz CT molecular complexity index is 1110.